The van der Waals surface area contributed by atoms with E-state index in [4.69, 9.17) is 12.2 Å². The Labute approximate surface area is 87.9 Å². The molecule has 0 saturated carbocycles. The van der Waals surface area contributed by atoms with Gasteiger partial charge in [0.05, 0.1) is 6.20 Å². The molecule has 2 rings (SSSR count). The van der Waals surface area contributed by atoms with Crippen LogP contribution in [0.4, 0.5) is 0 Å². The lowest BCUT2D eigenvalue weighted by Crippen LogP contribution is -2.01. The number of hydrogen-bond acceptors (Lipinski definition) is 2. The van der Waals surface area contributed by atoms with E-state index in [1.165, 1.54) is 5.56 Å². The van der Waals surface area contributed by atoms with Crippen molar-refractivity contribution < 1.29 is 0 Å². The van der Waals surface area contributed by atoms with Gasteiger partial charge in [-0.25, -0.2) is 0 Å². The second kappa shape index (κ2) is 4.15. The van der Waals surface area contributed by atoms with Gasteiger partial charge >= 0.3 is 0 Å². The summed E-state index contributed by atoms with van der Waals surface area (Å²) < 4.78 is 2.76. The van der Waals surface area contributed by atoms with E-state index < -0.39 is 0 Å². The van der Waals surface area contributed by atoms with Gasteiger partial charge in [0.15, 0.2) is 0 Å². The van der Waals surface area contributed by atoms with E-state index in [1.54, 1.807) is 12.4 Å². The average Bonchev–Trinajstić information content (AvgIpc) is 2.23. The fourth-order valence-corrected chi connectivity index (χ4v) is 1.47. The third-order valence-corrected chi connectivity index (χ3v) is 2.34. The van der Waals surface area contributed by atoms with Crippen molar-refractivity contribution >= 4 is 12.2 Å². The van der Waals surface area contributed by atoms with E-state index in [9.17, 15) is 0 Å². The van der Waals surface area contributed by atoms with Gasteiger partial charge in [-0.1, -0.05) is 42.5 Å². The molecule has 0 aliphatic heterocycles. The maximum absolute atomic E-state index is 5.15. The summed E-state index contributed by atoms with van der Waals surface area (Å²) in [7, 11) is 0. The second-order valence-electron chi connectivity index (χ2n) is 3.03. The molecule has 0 aliphatic rings. The van der Waals surface area contributed by atoms with Crippen LogP contribution in [0.15, 0.2) is 48.9 Å². The van der Waals surface area contributed by atoms with Gasteiger partial charge in [-0.2, -0.15) is 0 Å². The molecule has 0 N–H and O–H groups in total. The zero-order chi connectivity index (χ0) is 9.80. The molecule has 1 heterocycles. The van der Waals surface area contributed by atoms with Gasteiger partial charge in [0.2, 0.25) is 0 Å². The molecule has 0 amide bonds. The smallest absolute Gasteiger partial charge is 0.124 e. The Morgan fingerprint density at radius 2 is 2.00 bits per heavy atom. The lowest BCUT2D eigenvalue weighted by molar-refractivity contribution is 0.768. The number of nitrogens with zero attached hydrogens (tertiary/aromatic N) is 2. The first-order chi connectivity index (χ1) is 6.86. The predicted molar refractivity (Wildman–Crippen MR) is 58.6 cm³/mol. The third kappa shape index (κ3) is 2.06. The molecule has 0 saturated heterocycles. The molecule has 1 aromatic heterocycles. The fraction of sp³-hybridized carbons (Fsp3) is 0.0909. The van der Waals surface area contributed by atoms with Gasteiger partial charge in [-0.15, -0.1) is 0 Å². The summed E-state index contributed by atoms with van der Waals surface area (Å²) in [6.45, 7) is 0.808. The van der Waals surface area contributed by atoms with Crippen LogP contribution in [0.5, 0.6) is 0 Å². The van der Waals surface area contributed by atoms with Crippen LogP contribution in [0.1, 0.15) is 5.56 Å². The van der Waals surface area contributed by atoms with E-state index in [1.807, 2.05) is 29.0 Å². The quantitative estimate of drug-likeness (QED) is 0.697. The van der Waals surface area contributed by atoms with E-state index in [0.717, 1.165) is 11.2 Å². The van der Waals surface area contributed by atoms with Crippen molar-refractivity contribution in [2.75, 3.05) is 0 Å². The van der Waals surface area contributed by atoms with Crippen molar-refractivity contribution in [1.29, 1.82) is 0 Å². The van der Waals surface area contributed by atoms with E-state index in [0.29, 0.717) is 0 Å². The maximum atomic E-state index is 5.15. The number of hydrogen-bond donors (Lipinski definition) is 0. The molecule has 0 unspecified atom stereocenters. The SMILES string of the molecule is S=c1cnccn1Cc1ccccc1. The molecule has 0 fully saturated rings. The van der Waals surface area contributed by atoms with E-state index in [-0.39, 0.29) is 0 Å². The first-order valence-electron chi connectivity index (χ1n) is 4.40. The molecule has 2 nitrogen and oxygen atoms in total. The minimum Gasteiger partial charge on any atom is -0.332 e. The van der Waals surface area contributed by atoms with Crippen molar-refractivity contribution in [1.82, 2.24) is 9.55 Å². The van der Waals surface area contributed by atoms with Crippen molar-refractivity contribution in [3.05, 3.63) is 59.1 Å². The second-order valence-corrected chi connectivity index (χ2v) is 3.45. The van der Waals surface area contributed by atoms with Crippen LogP contribution in [-0.2, 0) is 6.54 Å². The Morgan fingerprint density at radius 1 is 1.21 bits per heavy atom. The molecule has 0 aliphatic carbocycles. The van der Waals surface area contributed by atoms with Crippen molar-refractivity contribution in [2.24, 2.45) is 0 Å². The molecule has 1 aromatic carbocycles. The summed E-state index contributed by atoms with van der Waals surface area (Å²) >= 11 is 5.15. The van der Waals surface area contributed by atoms with Crippen molar-refractivity contribution in [3.63, 3.8) is 0 Å². The highest BCUT2D eigenvalue weighted by Gasteiger charge is 1.93. The molecular weight excluding hydrogens is 192 g/mol. The Hall–Kier alpha value is -1.48. The van der Waals surface area contributed by atoms with Crippen molar-refractivity contribution in [2.45, 2.75) is 6.54 Å². The number of aromatic nitrogens is 2. The van der Waals surface area contributed by atoms with Gasteiger partial charge in [0, 0.05) is 18.9 Å². The molecule has 14 heavy (non-hydrogen) atoms. The number of rotatable bonds is 2. The zero-order valence-electron chi connectivity index (χ0n) is 7.63. The topological polar surface area (TPSA) is 17.8 Å². The molecule has 0 radical (unpaired) electrons. The lowest BCUT2D eigenvalue weighted by atomic mass is 10.2. The summed E-state index contributed by atoms with van der Waals surface area (Å²) in [4.78, 5) is 3.96. The first-order valence-corrected chi connectivity index (χ1v) is 4.81. The zero-order valence-corrected chi connectivity index (χ0v) is 8.45. The monoisotopic (exact) mass is 202 g/mol. The van der Waals surface area contributed by atoms with Gasteiger partial charge in [0.1, 0.15) is 4.64 Å². The summed E-state index contributed by atoms with van der Waals surface area (Å²) in [5.74, 6) is 0. The summed E-state index contributed by atoms with van der Waals surface area (Å²) in [6, 6.07) is 10.2. The Bertz CT molecular complexity index is 462. The van der Waals surface area contributed by atoms with Gasteiger partial charge in [-0.3, -0.25) is 4.98 Å². The molecule has 0 bridgehead atoms. The van der Waals surface area contributed by atoms with E-state index >= 15 is 0 Å². The van der Waals surface area contributed by atoms with Crippen LogP contribution < -0.4 is 0 Å². The molecule has 2 aromatic rings. The van der Waals surface area contributed by atoms with Crippen LogP contribution >= 0.6 is 12.2 Å². The number of benzene rings is 1. The van der Waals surface area contributed by atoms with Crippen molar-refractivity contribution in [3.8, 4) is 0 Å². The minimum absolute atomic E-state index is 0.761. The molecule has 70 valence electrons. The molecular formula is C11H10N2S. The molecule has 0 atom stereocenters. The molecule has 3 heteroatoms. The minimum atomic E-state index is 0.761. The summed E-state index contributed by atoms with van der Waals surface area (Å²) in [6.07, 6.45) is 5.34. The highest BCUT2D eigenvalue weighted by molar-refractivity contribution is 7.71. The van der Waals surface area contributed by atoms with Gasteiger partial charge in [-0.05, 0) is 5.56 Å². The average molecular weight is 202 g/mol. The van der Waals surface area contributed by atoms with Gasteiger partial charge < -0.3 is 4.57 Å². The Balaban J connectivity index is 2.28. The normalized spacial score (nSPS) is 10.0. The van der Waals surface area contributed by atoms with Gasteiger partial charge in [0.25, 0.3) is 0 Å². The largest absolute Gasteiger partial charge is 0.332 e. The standard InChI is InChI=1S/C11H10N2S/c14-11-8-12-6-7-13(11)9-10-4-2-1-3-5-10/h1-8H,9H2. The van der Waals surface area contributed by atoms with Crippen LogP contribution in [0.2, 0.25) is 0 Å². The Morgan fingerprint density at radius 3 is 2.71 bits per heavy atom. The highest BCUT2D eigenvalue weighted by Crippen LogP contribution is 2.02. The van der Waals surface area contributed by atoms with Crippen LogP contribution in [-0.4, -0.2) is 9.55 Å². The Kier molecular flexibility index (Phi) is 2.70. The predicted octanol–water partition coefficient (Wildman–Crippen LogP) is 2.66. The third-order valence-electron chi connectivity index (χ3n) is 2.00. The van der Waals surface area contributed by atoms with E-state index in [2.05, 4.69) is 17.1 Å². The highest BCUT2D eigenvalue weighted by atomic mass is 32.1. The fourth-order valence-electron chi connectivity index (χ4n) is 1.28. The first kappa shape index (κ1) is 9.09. The van der Waals surface area contributed by atoms with Crippen LogP contribution in [0.3, 0.4) is 0 Å². The van der Waals surface area contributed by atoms with Crippen LogP contribution in [0, 0.1) is 4.64 Å². The summed E-state index contributed by atoms with van der Waals surface area (Å²) in [5.41, 5.74) is 1.25. The summed E-state index contributed by atoms with van der Waals surface area (Å²) in [5, 5.41) is 0. The maximum Gasteiger partial charge on any atom is 0.124 e. The lowest BCUT2D eigenvalue weighted by Gasteiger charge is -2.05. The van der Waals surface area contributed by atoms with Crippen LogP contribution in [0.25, 0.3) is 0 Å². The molecule has 0 spiro atoms.